The van der Waals surface area contributed by atoms with Crippen LogP contribution >= 0.6 is 0 Å². The van der Waals surface area contributed by atoms with Crippen LogP contribution in [0.3, 0.4) is 0 Å². The van der Waals surface area contributed by atoms with Crippen molar-refractivity contribution in [3.63, 3.8) is 0 Å². The van der Waals surface area contributed by atoms with Crippen molar-refractivity contribution >= 4 is 5.91 Å². The Bertz CT molecular complexity index is 436. The van der Waals surface area contributed by atoms with E-state index in [9.17, 15) is 4.79 Å². The quantitative estimate of drug-likeness (QED) is 0.837. The second-order valence-electron chi connectivity index (χ2n) is 5.82. The highest BCUT2D eigenvalue weighted by molar-refractivity contribution is 5.94. The third-order valence-electron chi connectivity index (χ3n) is 4.35. The van der Waals surface area contributed by atoms with Gasteiger partial charge < -0.3 is 16.0 Å². The van der Waals surface area contributed by atoms with Crippen molar-refractivity contribution < 1.29 is 4.79 Å². The Labute approximate surface area is 127 Å². The zero-order chi connectivity index (χ0) is 15.1. The Morgan fingerprint density at radius 3 is 2.52 bits per heavy atom. The first kappa shape index (κ1) is 16.0. The molecule has 1 amide bonds. The van der Waals surface area contributed by atoms with Crippen LogP contribution in [0.2, 0.25) is 0 Å². The van der Waals surface area contributed by atoms with Gasteiger partial charge >= 0.3 is 0 Å². The van der Waals surface area contributed by atoms with Crippen LogP contribution in [-0.4, -0.2) is 43.5 Å². The van der Waals surface area contributed by atoms with Gasteiger partial charge in [-0.3, -0.25) is 4.79 Å². The molecule has 1 fully saturated rings. The molecule has 116 valence electrons. The van der Waals surface area contributed by atoms with E-state index in [-0.39, 0.29) is 5.91 Å². The van der Waals surface area contributed by atoms with Gasteiger partial charge in [0, 0.05) is 12.1 Å². The topological polar surface area (TPSA) is 58.4 Å². The maximum Gasteiger partial charge on any atom is 0.251 e. The Balaban J connectivity index is 1.76. The summed E-state index contributed by atoms with van der Waals surface area (Å²) in [6.07, 6.45) is 3.23. The third-order valence-corrected chi connectivity index (χ3v) is 4.35. The molecule has 0 aliphatic carbocycles. The molecule has 4 heteroatoms. The van der Waals surface area contributed by atoms with Crippen LogP contribution in [0.15, 0.2) is 24.3 Å². The van der Waals surface area contributed by atoms with Crippen molar-refractivity contribution in [3.8, 4) is 0 Å². The second kappa shape index (κ2) is 8.15. The van der Waals surface area contributed by atoms with Crippen molar-refractivity contribution in [2.75, 3.05) is 32.7 Å². The van der Waals surface area contributed by atoms with Gasteiger partial charge in [0.2, 0.25) is 0 Å². The van der Waals surface area contributed by atoms with Crippen molar-refractivity contribution in [1.29, 1.82) is 0 Å². The average Bonchev–Trinajstić information content (AvgIpc) is 2.54. The number of hydrogen-bond acceptors (Lipinski definition) is 3. The zero-order valence-corrected chi connectivity index (χ0v) is 13.0. The molecule has 3 N–H and O–H groups in total. The van der Waals surface area contributed by atoms with Crippen LogP contribution in [0.25, 0.3) is 0 Å². The van der Waals surface area contributed by atoms with Crippen molar-refractivity contribution in [2.24, 2.45) is 11.7 Å². The van der Waals surface area contributed by atoms with Gasteiger partial charge in [-0.05, 0) is 69.1 Å². The number of rotatable bonds is 6. The first-order valence-electron chi connectivity index (χ1n) is 8.02. The molecule has 0 aromatic heterocycles. The fourth-order valence-corrected chi connectivity index (χ4v) is 2.84. The number of nitrogens with one attached hydrogen (secondary N) is 1. The highest BCUT2D eigenvalue weighted by atomic mass is 16.1. The number of nitrogens with two attached hydrogens (primary N) is 1. The number of piperidine rings is 1. The number of amides is 1. The van der Waals surface area contributed by atoms with E-state index in [1.807, 2.05) is 24.3 Å². The maximum absolute atomic E-state index is 12.1. The van der Waals surface area contributed by atoms with Crippen LogP contribution in [-0.2, 0) is 6.42 Å². The van der Waals surface area contributed by atoms with Gasteiger partial charge in [-0.15, -0.1) is 0 Å². The second-order valence-corrected chi connectivity index (χ2v) is 5.82. The van der Waals surface area contributed by atoms with Gasteiger partial charge in [-0.2, -0.15) is 0 Å². The van der Waals surface area contributed by atoms with Crippen LogP contribution < -0.4 is 11.1 Å². The van der Waals surface area contributed by atoms with Crippen molar-refractivity contribution in [3.05, 3.63) is 35.4 Å². The highest BCUT2D eigenvalue weighted by Crippen LogP contribution is 2.16. The lowest BCUT2D eigenvalue weighted by Gasteiger charge is -2.31. The molecule has 21 heavy (non-hydrogen) atoms. The van der Waals surface area contributed by atoms with Crippen LogP contribution in [0, 0.1) is 5.92 Å². The molecule has 2 rings (SSSR count). The van der Waals surface area contributed by atoms with E-state index in [4.69, 9.17) is 5.73 Å². The predicted octanol–water partition coefficient (Wildman–Crippen LogP) is 1.65. The Kier molecular flexibility index (Phi) is 6.21. The number of carbonyl (C=O) groups is 1. The van der Waals surface area contributed by atoms with Crippen LogP contribution in [0.5, 0.6) is 0 Å². The van der Waals surface area contributed by atoms with E-state index >= 15 is 0 Å². The van der Waals surface area contributed by atoms with Gasteiger partial charge in [-0.1, -0.05) is 19.1 Å². The number of likely N-dealkylation sites (tertiary alicyclic amines) is 1. The fraction of sp³-hybridized carbons (Fsp3) is 0.588. The lowest BCUT2D eigenvalue weighted by molar-refractivity contribution is 0.0937. The van der Waals surface area contributed by atoms with E-state index in [1.54, 1.807) is 0 Å². The molecule has 4 nitrogen and oxygen atoms in total. The molecule has 0 spiro atoms. The van der Waals surface area contributed by atoms with E-state index in [2.05, 4.69) is 17.1 Å². The standard InChI is InChI=1S/C17H27N3O/c1-2-20-11-8-15(9-12-20)13-19-17(21)16-5-3-14(4-6-16)7-10-18/h3-6,15H,2,7-13,18H2,1H3,(H,19,21). The van der Waals surface area contributed by atoms with Crippen LogP contribution in [0.1, 0.15) is 35.7 Å². The number of nitrogens with zero attached hydrogens (tertiary/aromatic N) is 1. The lowest BCUT2D eigenvalue weighted by atomic mass is 9.96. The Hall–Kier alpha value is -1.39. The minimum absolute atomic E-state index is 0.0345. The SMILES string of the molecule is CCN1CCC(CNC(=O)c2ccc(CCN)cc2)CC1. The van der Waals surface area contributed by atoms with Crippen molar-refractivity contribution in [1.82, 2.24) is 10.2 Å². The molecule has 1 aliphatic rings. The summed E-state index contributed by atoms with van der Waals surface area (Å²) in [5.41, 5.74) is 7.44. The number of hydrogen-bond donors (Lipinski definition) is 2. The van der Waals surface area contributed by atoms with Gasteiger partial charge in [0.05, 0.1) is 0 Å². The normalized spacial score (nSPS) is 16.9. The van der Waals surface area contributed by atoms with Crippen molar-refractivity contribution in [2.45, 2.75) is 26.2 Å². The molecule has 0 unspecified atom stereocenters. The molecule has 1 saturated heterocycles. The van der Waals surface area contributed by atoms with Gasteiger partial charge in [0.15, 0.2) is 0 Å². The summed E-state index contributed by atoms with van der Waals surface area (Å²) in [5.74, 6) is 0.653. The first-order chi connectivity index (χ1) is 10.2. The zero-order valence-electron chi connectivity index (χ0n) is 13.0. The average molecular weight is 289 g/mol. The largest absolute Gasteiger partial charge is 0.352 e. The van der Waals surface area contributed by atoms with E-state index in [1.165, 1.54) is 18.4 Å². The third kappa shape index (κ3) is 4.83. The molecule has 1 aromatic carbocycles. The summed E-state index contributed by atoms with van der Waals surface area (Å²) >= 11 is 0. The van der Waals surface area contributed by atoms with Gasteiger partial charge in [0.1, 0.15) is 0 Å². The molecular formula is C17H27N3O. The molecule has 0 saturated carbocycles. The summed E-state index contributed by atoms with van der Waals surface area (Å²) in [7, 11) is 0. The van der Waals surface area contributed by atoms with E-state index < -0.39 is 0 Å². The number of benzene rings is 1. The van der Waals surface area contributed by atoms with Crippen LogP contribution in [0.4, 0.5) is 0 Å². The lowest BCUT2D eigenvalue weighted by Crippen LogP contribution is -2.38. The molecule has 0 atom stereocenters. The first-order valence-corrected chi connectivity index (χ1v) is 8.02. The van der Waals surface area contributed by atoms with E-state index in [0.717, 1.165) is 38.2 Å². The van der Waals surface area contributed by atoms with E-state index in [0.29, 0.717) is 12.5 Å². The Morgan fingerprint density at radius 1 is 1.29 bits per heavy atom. The smallest absolute Gasteiger partial charge is 0.251 e. The molecule has 0 bridgehead atoms. The number of carbonyl (C=O) groups excluding carboxylic acids is 1. The summed E-state index contributed by atoms with van der Waals surface area (Å²) in [5, 5.41) is 3.07. The predicted molar refractivity (Wildman–Crippen MR) is 86.4 cm³/mol. The minimum atomic E-state index is 0.0345. The molecule has 1 heterocycles. The maximum atomic E-state index is 12.1. The molecular weight excluding hydrogens is 262 g/mol. The fourth-order valence-electron chi connectivity index (χ4n) is 2.84. The molecule has 0 radical (unpaired) electrons. The van der Waals surface area contributed by atoms with Gasteiger partial charge in [0.25, 0.3) is 5.91 Å². The highest BCUT2D eigenvalue weighted by Gasteiger charge is 2.18. The molecule has 1 aromatic rings. The summed E-state index contributed by atoms with van der Waals surface area (Å²) in [4.78, 5) is 14.6. The summed E-state index contributed by atoms with van der Waals surface area (Å²) < 4.78 is 0. The summed E-state index contributed by atoms with van der Waals surface area (Å²) in [6, 6.07) is 7.75. The Morgan fingerprint density at radius 2 is 1.95 bits per heavy atom. The molecule has 1 aliphatic heterocycles. The monoisotopic (exact) mass is 289 g/mol. The minimum Gasteiger partial charge on any atom is -0.352 e. The summed E-state index contributed by atoms with van der Waals surface area (Å²) in [6.45, 7) is 7.09. The van der Waals surface area contributed by atoms with Gasteiger partial charge in [-0.25, -0.2) is 0 Å².